The van der Waals surface area contributed by atoms with Gasteiger partial charge in [0, 0.05) is 24.6 Å². The zero-order valence-electron chi connectivity index (χ0n) is 14.6. The second kappa shape index (κ2) is 7.36. The van der Waals surface area contributed by atoms with Crippen molar-refractivity contribution >= 4 is 11.0 Å². The van der Waals surface area contributed by atoms with E-state index in [1.807, 2.05) is 19.1 Å². The minimum absolute atomic E-state index is 0.0754. The number of methoxy groups -OCH3 is 2. The Bertz CT molecular complexity index is 711. The molecule has 1 unspecified atom stereocenters. The number of nitrogens with zero attached hydrogens (tertiary/aromatic N) is 3. The number of hydrogen-bond acceptors (Lipinski definition) is 4. The summed E-state index contributed by atoms with van der Waals surface area (Å²) in [5.41, 5.74) is 1.88. The van der Waals surface area contributed by atoms with E-state index >= 15 is 0 Å². The maximum Gasteiger partial charge on any atom is 0.163 e. The van der Waals surface area contributed by atoms with E-state index in [4.69, 9.17) is 14.5 Å². The zero-order valence-corrected chi connectivity index (χ0v) is 14.6. The van der Waals surface area contributed by atoms with E-state index in [9.17, 15) is 5.26 Å². The molecule has 2 rings (SSSR count). The van der Waals surface area contributed by atoms with Crippen LogP contribution in [0.4, 0.5) is 0 Å². The molecular formula is C18H25N3O2. The Morgan fingerprint density at radius 3 is 2.30 bits per heavy atom. The van der Waals surface area contributed by atoms with Crippen molar-refractivity contribution in [1.29, 1.82) is 5.26 Å². The van der Waals surface area contributed by atoms with Gasteiger partial charge in [-0.2, -0.15) is 5.26 Å². The summed E-state index contributed by atoms with van der Waals surface area (Å²) in [5.74, 6) is 2.71. The molecule has 1 atom stereocenters. The van der Waals surface area contributed by atoms with E-state index in [0.717, 1.165) is 29.7 Å². The van der Waals surface area contributed by atoms with Crippen LogP contribution < -0.4 is 9.47 Å². The van der Waals surface area contributed by atoms with Crippen LogP contribution in [0.15, 0.2) is 12.1 Å². The average Bonchev–Trinajstić information content (AvgIpc) is 2.92. The van der Waals surface area contributed by atoms with Crippen molar-refractivity contribution in [1.82, 2.24) is 9.55 Å². The van der Waals surface area contributed by atoms with Gasteiger partial charge < -0.3 is 14.0 Å². The van der Waals surface area contributed by atoms with Crippen LogP contribution in [0.5, 0.6) is 11.5 Å². The third kappa shape index (κ3) is 3.26. The Morgan fingerprint density at radius 1 is 1.17 bits per heavy atom. The van der Waals surface area contributed by atoms with Crippen LogP contribution in [0.1, 0.15) is 45.4 Å². The quantitative estimate of drug-likeness (QED) is 0.771. The predicted octanol–water partition coefficient (Wildman–Crippen LogP) is 4.12. The third-order valence-electron chi connectivity index (χ3n) is 4.31. The first-order valence-corrected chi connectivity index (χ1v) is 8.11. The number of nitriles is 1. The second-order valence-corrected chi connectivity index (χ2v) is 5.82. The van der Waals surface area contributed by atoms with Gasteiger partial charge in [-0.3, -0.25) is 0 Å². The number of ether oxygens (including phenoxy) is 2. The van der Waals surface area contributed by atoms with Gasteiger partial charge in [0.05, 0.1) is 37.2 Å². The Balaban J connectivity index is 2.68. The van der Waals surface area contributed by atoms with Crippen molar-refractivity contribution in [2.24, 2.45) is 5.92 Å². The molecule has 5 nitrogen and oxygen atoms in total. The average molecular weight is 315 g/mol. The lowest BCUT2D eigenvalue weighted by atomic mass is 10.0. The van der Waals surface area contributed by atoms with Crippen molar-refractivity contribution < 1.29 is 9.47 Å². The second-order valence-electron chi connectivity index (χ2n) is 5.82. The SMILES string of the molecule is CCC(CC)c1nc2cc(OC)c(OC)cc2n1CC(C)C#N. The first-order chi connectivity index (χ1) is 11.1. The van der Waals surface area contributed by atoms with Gasteiger partial charge >= 0.3 is 0 Å². The first kappa shape index (κ1) is 17.1. The van der Waals surface area contributed by atoms with Crippen molar-refractivity contribution in [3.8, 4) is 17.6 Å². The molecule has 0 aliphatic rings. The summed E-state index contributed by atoms with van der Waals surface area (Å²) in [6.07, 6.45) is 2.05. The van der Waals surface area contributed by atoms with Crippen LogP contribution >= 0.6 is 0 Å². The van der Waals surface area contributed by atoms with Crippen molar-refractivity contribution in [2.45, 2.75) is 46.1 Å². The Kier molecular flexibility index (Phi) is 5.49. The lowest BCUT2D eigenvalue weighted by molar-refractivity contribution is 0.355. The number of imidazole rings is 1. The maximum atomic E-state index is 9.20. The lowest BCUT2D eigenvalue weighted by Gasteiger charge is -2.16. The molecule has 1 aromatic carbocycles. The van der Waals surface area contributed by atoms with Gasteiger partial charge in [-0.15, -0.1) is 0 Å². The first-order valence-electron chi connectivity index (χ1n) is 8.11. The fourth-order valence-electron chi connectivity index (χ4n) is 2.94. The van der Waals surface area contributed by atoms with E-state index in [-0.39, 0.29) is 5.92 Å². The zero-order chi connectivity index (χ0) is 17.0. The van der Waals surface area contributed by atoms with Crippen LogP contribution in [-0.2, 0) is 6.54 Å². The molecule has 1 aromatic heterocycles. The van der Waals surface area contributed by atoms with Gasteiger partial charge in [0.2, 0.25) is 0 Å². The highest BCUT2D eigenvalue weighted by molar-refractivity contribution is 5.81. The molecule has 0 saturated heterocycles. The molecule has 0 fully saturated rings. The van der Waals surface area contributed by atoms with Gasteiger partial charge in [-0.05, 0) is 19.8 Å². The monoisotopic (exact) mass is 315 g/mol. The minimum atomic E-state index is -0.0754. The highest BCUT2D eigenvalue weighted by atomic mass is 16.5. The summed E-state index contributed by atoms with van der Waals surface area (Å²) in [6.45, 7) is 6.91. The van der Waals surface area contributed by atoms with Crippen LogP contribution in [0.3, 0.4) is 0 Å². The van der Waals surface area contributed by atoms with Crippen LogP contribution in [0.25, 0.3) is 11.0 Å². The Hall–Kier alpha value is -2.22. The number of fused-ring (bicyclic) bond motifs is 1. The topological polar surface area (TPSA) is 60.1 Å². The van der Waals surface area contributed by atoms with E-state index < -0.39 is 0 Å². The molecule has 124 valence electrons. The molecule has 23 heavy (non-hydrogen) atoms. The van der Waals surface area contributed by atoms with Crippen LogP contribution in [0.2, 0.25) is 0 Å². The molecule has 0 saturated carbocycles. The standard InChI is InChI=1S/C18H25N3O2/c1-6-13(7-2)18-20-14-8-16(22-4)17(23-5)9-15(14)21(18)11-12(3)10-19/h8-9,12-13H,6-7,11H2,1-5H3. The van der Waals surface area contributed by atoms with Crippen LogP contribution in [-0.4, -0.2) is 23.8 Å². The smallest absolute Gasteiger partial charge is 0.163 e. The summed E-state index contributed by atoms with van der Waals surface area (Å²) in [6, 6.07) is 6.18. The molecule has 5 heteroatoms. The largest absolute Gasteiger partial charge is 0.493 e. The number of aromatic nitrogens is 2. The number of benzene rings is 1. The van der Waals surface area contributed by atoms with Crippen molar-refractivity contribution in [3.05, 3.63) is 18.0 Å². The predicted molar refractivity (Wildman–Crippen MR) is 90.9 cm³/mol. The normalized spacial score (nSPS) is 12.4. The highest BCUT2D eigenvalue weighted by Crippen LogP contribution is 2.35. The minimum Gasteiger partial charge on any atom is -0.493 e. The molecule has 0 spiro atoms. The van der Waals surface area contributed by atoms with E-state index in [2.05, 4.69) is 24.5 Å². The van der Waals surface area contributed by atoms with E-state index in [1.54, 1.807) is 14.2 Å². The van der Waals surface area contributed by atoms with Gasteiger partial charge in [0.25, 0.3) is 0 Å². The van der Waals surface area contributed by atoms with E-state index in [1.165, 1.54) is 0 Å². The van der Waals surface area contributed by atoms with Crippen LogP contribution in [0, 0.1) is 17.2 Å². The maximum absolute atomic E-state index is 9.20. The van der Waals surface area contributed by atoms with Gasteiger partial charge in [0.1, 0.15) is 5.82 Å². The number of rotatable bonds is 7. The van der Waals surface area contributed by atoms with Gasteiger partial charge in [-0.1, -0.05) is 13.8 Å². The molecule has 2 aromatic rings. The van der Waals surface area contributed by atoms with Gasteiger partial charge in [0.15, 0.2) is 11.5 Å². The van der Waals surface area contributed by atoms with E-state index in [0.29, 0.717) is 24.0 Å². The number of hydrogen-bond donors (Lipinski definition) is 0. The summed E-state index contributed by atoms with van der Waals surface area (Å²) in [5, 5.41) is 9.20. The molecule has 1 heterocycles. The van der Waals surface area contributed by atoms with Crippen molar-refractivity contribution in [3.63, 3.8) is 0 Å². The summed E-state index contributed by atoms with van der Waals surface area (Å²) in [7, 11) is 3.25. The molecule has 0 aliphatic heterocycles. The Morgan fingerprint density at radius 2 is 1.78 bits per heavy atom. The fraction of sp³-hybridized carbons (Fsp3) is 0.556. The summed E-state index contributed by atoms with van der Waals surface area (Å²) in [4.78, 5) is 4.84. The fourth-order valence-corrected chi connectivity index (χ4v) is 2.94. The van der Waals surface area contributed by atoms with Gasteiger partial charge in [-0.25, -0.2) is 4.98 Å². The molecule has 0 bridgehead atoms. The summed E-state index contributed by atoms with van der Waals surface area (Å²) < 4.78 is 13.0. The van der Waals surface area contributed by atoms with Crippen molar-refractivity contribution in [2.75, 3.05) is 14.2 Å². The molecule has 0 N–H and O–H groups in total. The third-order valence-corrected chi connectivity index (χ3v) is 4.31. The summed E-state index contributed by atoms with van der Waals surface area (Å²) >= 11 is 0. The molecule has 0 amide bonds. The molecule has 0 aliphatic carbocycles. The Labute approximate surface area is 137 Å². The highest BCUT2D eigenvalue weighted by Gasteiger charge is 2.21. The molecular weight excluding hydrogens is 290 g/mol. The lowest BCUT2D eigenvalue weighted by Crippen LogP contribution is -2.12. The molecule has 0 radical (unpaired) electrons.